The number of carbonyl (C=O) groups excluding carboxylic acids is 1. The molecule has 1 N–H and O–H groups in total. The maximum absolute atomic E-state index is 12.2. The maximum Gasteiger partial charge on any atom is 0.257 e. The quantitative estimate of drug-likeness (QED) is 0.410. The van der Waals surface area contributed by atoms with E-state index in [4.69, 9.17) is 4.74 Å². The van der Waals surface area contributed by atoms with E-state index >= 15 is 0 Å². The van der Waals surface area contributed by atoms with E-state index in [1.807, 2.05) is 12.1 Å². The highest BCUT2D eigenvalue weighted by Gasteiger charge is 2.10. The summed E-state index contributed by atoms with van der Waals surface area (Å²) >= 11 is 3.05. The zero-order chi connectivity index (χ0) is 16.5. The van der Waals surface area contributed by atoms with Gasteiger partial charge in [0.15, 0.2) is 4.34 Å². The third-order valence-corrected chi connectivity index (χ3v) is 5.12. The number of thioether (sulfide) groups is 1. The number of nitrogens with zero attached hydrogens (tertiary/aromatic N) is 2. The van der Waals surface area contributed by atoms with Crippen LogP contribution in [0.3, 0.4) is 0 Å². The second-order valence-corrected chi connectivity index (χ2v) is 7.22. The highest BCUT2D eigenvalue weighted by atomic mass is 32.2. The number of amides is 1. The molecule has 124 valence electrons. The van der Waals surface area contributed by atoms with Gasteiger partial charge in [0.25, 0.3) is 5.91 Å². The summed E-state index contributed by atoms with van der Waals surface area (Å²) < 4.78 is 6.46. The van der Waals surface area contributed by atoms with E-state index < -0.39 is 0 Å². The van der Waals surface area contributed by atoms with Crippen molar-refractivity contribution < 1.29 is 9.53 Å². The first-order valence-corrected chi connectivity index (χ1v) is 9.53. The second kappa shape index (κ2) is 9.52. The molecular weight excluding hydrogens is 330 g/mol. The lowest BCUT2D eigenvalue weighted by molar-refractivity contribution is 0.102. The fourth-order valence-electron chi connectivity index (χ4n) is 1.71. The van der Waals surface area contributed by atoms with Crippen molar-refractivity contribution in [2.24, 2.45) is 0 Å². The van der Waals surface area contributed by atoms with Crippen LogP contribution in [0.5, 0.6) is 5.75 Å². The molecule has 2 rings (SSSR count). The van der Waals surface area contributed by atoms with Gasteiger partial charge in [-0.3, -0.25) is 10.1 Å². The van der Waals surface area contributed by atoms with Crippen LogP contribution in [0.2, 0.25) is 0 Å². The molecule has 1 aromatic carbocycles. The van der Waals surface area contributed by atoms with Crippen molar-refractivity contribution in [3.8, 4) is 5.75 Å². The Labute approximate surface area is 144 Å². The Morgan fingerprint density at radius 3 is 2.70 bits per heavy atom. The van der Waals surface area contributed by atoms with Gasteiger partial charge in [0.1, 0.15) is 5.75 Å². The smallest absolute Gasteiger partial charge is 0.257 e. The molecule has 0 aliphatic rings. The lowest BCUT2D eigenvalue weighted by atomic mass is 10.2. The molecule has 7 heteroatoms. The van der Waals surface area contributed by atoms with E-state index in [9.17, 15) is 4.79 Å². The summed E-state index contributed by atoms with van der Waals surface area (Å²) in [7, 11) is 0. The van der Waals surface area contributed by atoms with Crippen LogP contribution < -0.4 is 10.1 Å². The van der Waals surface area contributed by atoms with Crippen molar-refractivity contribution in [1.82, 2.24) is 10.2 Å². The molecule has 23 heavy (non-hydrogen) atoms. The molecule has 0 spiro atoms. The van der Waals surface area contributed by atoms with E-state index in [1.165, 1.54) is 11.3 Å². The number of carbonyl (C=O) groups is 1. The van der Waals surface area contributed by atoms with Crippen LogP contribution in [0, 0.1) is 0 Å². The fraction of sp³-hybridized carbons (Fsp3) is 0.438. The molecule has 0 aliphatic carbocycles. The summed E-state index contributed by atoms with van der Waals surface area (Å²) in [5, 5.41) is 11.3. The van der Waals surface area contributed by atoms with Crippen molar-refractivity contribution in [3.05, 3.63) is 29.8 Å². The first kappa shape index (κ1) is 17.7. The van der Waals surface area contributed by atoms with Gasteiger partial charge in [-0.25, -0.2) is 0 Å². The molecular formula is C16H21N3O2S2. The van der Waals surface area contributed by atoms with E-state index in [1.54, 1.807) is 23.9 Å². The van der Waals surface area contributed by atoms with Gasteiger partial charge in [-0.1, -0.05) is 43.4 Å². The van der Waals surface area contributed by atoms with Gasteiger partial charge < -0.3 is 4.74 Å². The number of ether oxygens (including phenoxy) is 1. The van der Waals surface area contributed by atoms with Gasteiger partial charge in [0.2, 0.25) is 5.13 Å². The van der Waals surface area contributed by atoms with Crippen LogP contribution in [-0.2, 0) is 0 Å². The number of rotatable bonds is 9. The minimum absolute atomic E-state index is 0.187. The molecule has 0 atom stereocenters. The lowest BCUT2D eigenvalue weighted by Crippen LogP contribution is -2.11. The molecule has 0 unspecified atom stereocenters. The van der Waals surface area contributed by atoms with E-state index in [0.29, 0.717) is 17.3 Å². The monoisotopic (exact) mass is 351 g/mol. The van der Waals surface area contributed by atoms with Crippen molar-refractivity contribution in [3.63, 3.8) is 0 Å². The third kappa shape index (κ3) is 5.84. The zero-order valence-corrected chi connectivity index (χ0v) is 15.0. The number of benzene rings is 1. The predicted octanol–water partition coefficient (Wildman–Crippen LogP) is 4.47. The average Bonchev–Trinajstić information content (AvgIpc) is 3.01. The maximum atomic E-state index is 12.2. The Kier molecular flexibility index (Phi) is 7.35. The van der Waals surface area contributed by atoms with Crippen LogP contribution in [-0.4, -0.2) is 28.5 Å². The number of hydrogen-bond donors (Lipinski definition) is 1. The van der Waals surface area contributed by atoms with Crippen molar-refractivity contribution in [2.45, 2.75) is 37.4 Å². The van der Waals surface area contributed by atoms with Gasteiger partial charge in [-0.05, 0) is 37.1 Å². The normalized spacial score (nSPS) is 10.5. The number of hydrogen-bond acceptors (Lipinski definition) is 6. The molecule has 5 nitrogen and oxygen atoms in total. The molecule has 0 bridgehead atoms. The van der Waals surface area contributed by atoms with Crippen molar-refractivity contribution in [2.75, 3.05) is 17.7 Å². The van der Waals surface area contributed by atoms with Crippen molar-refractivity contribution in [1.29, 1.82) is 0 Å². The SMILES string of the molecule is CCCCOc1ccc(C(=O)Nc2nnc(SCCC)s2)cc1. The first-order chi connectivity index (χ1) is 11.2. The first-order valence-electron chi connectivity index (χ1n) is 7.73. The fourth-order valence-corrected chi connectivity index (χ4v) is 3.39. The molecule has 0 saturated heterocycles. The highest BCUT2D eigenvalue weighted by Crippen LogP contribution is 2.26. The van der Waals surface area contributed by atoms with Gasteiger partial charge in [0, 0.05) is 11.3 Å². The number of nitrogens with one attached hydrogen (secondary N) is 1. The predicted molar refractivity (Wildman–Crippen MR) is 95.7 cm³/mol. The molecule has 1 heterocycles. The standard InChI is InChI=1S/C16H21N3O2S2/c1-3-5-10-21-13-8-6-12(7-9-13)14(20)17-15-18-19-16(23-15)22-11-4-2/h6-9H,3-5,10-11H2,1-2H3,(H,17,18,20). The summed E-state index contributed by atoms with van der Waals surface area (Å²) in [6.07, 6.45) is 3.21. The number of aromatic nitrogens is 2. The molecule has 1 aromatic heterocycles. The van der Waals surface area contributed by atoms with Gasteiger partial charge in [0.05, 0.1) is 6.61 Å². The molecule has 0 fully saturated rings. The summed E-state index contributed by atoms with van der Waals surface area (Å²) in [5.74, 6) is 1.60. The Balaban J connectivity index is 1.88. The van der Waals surface area contributed by atoms with Crippen LogP contribution in [0.25, 0.3) is 0 Å². The summed E-state index contributed by atoms with van der Waals surface area (Å²) in [6.45, 7) is 4.94. The number of anilines is 1. The van der Waals surface area contributed by atoms with E-state index in [0.717, 1.165) is 35.1 Å². The largest absolute Gasteiger partial charge is 0.494 e. The molecule has 0 saturated carbocycles. The van der Waals surface area contributed by atoms with Crippen LogP contribution in [0.4, 0.5) is 5.13 Å². The Morgan fingerprint density at radius 1 is 1.22 bits per heavy atom. The van der Waals surface area contributed by atoms with Gasteiger partial charge in [-0.2, -0.15) is 0 Å². The minimum atomic E-state index is -0.187. The molecule has 0 aliphatic heterocycles. The molecule has 0 radical (unpaired) electrons. The third-order valence-electron chi connectivity index (χ3n) is 2.94. The van der Waals surface area contributed by atoms with Gasteiger partial charge in [-0.15, -0.1) is 10.2 Å². The number of unbranched alkanes of at least 4 members (excludes halogenated alkanes) is 1. The van der Waals surface area contributed by atoms with Crippen LogP contribution in [0.1, 0.15) is 43.5 Å². The topological polar surface area (TPSA) is 64.1 Å². The second-order valence-electron chi connectivity index (χ2n) is 4.90. The highest BCUT2D eigenvalue weighted by molar-refractivity contribution is 8.01. The zero-order valence-electron chi connectivity index (χ0n) is 13.4. The minimum Gasteiger partial charge on any atom is -0.494 e. The van der Waals surface area contributed by atoms with E-state index in [-0.39, 0.29) is 5.91 Å². The summed E-state index contributed by atoms with van der Waals surface area (Å²) in [5.41, 5.74) is 0.575. The molecule has 1 amide bonds. The van der Waals surface area contributed by atoms with Crippen molar-refractivity contribution >= 4 is 34.1 Å². The lowest BCUT2D eigenvalue weighted by Gasteiger charge is -2.06. The summed E-state index contributed by atoms with van der Waals surface area (Å²) in [6, 6.07) is 7.13. The Hall–Kier alpha value is -1.60. The van der Waals surface area contributed by atoms with Crippen LogP contribution in [0.15, 0.2) is 28.6 Å². The molecule has 2 aromatic rings. The summed E-state index contributed by atoms with van der Waals surface area (Å²) in [4.78, 5) is 12.2. The van der Waals surface area contributed by atoms with E-state index in [2.05, 4.69) is 29.4 Å². The average molecular weight is 351 g/mol. The Bertz CT molecular complexity index is 614. The van der Waals surface area contributed by atoms with Crippen LogP contribution >= 0.6 is 23.1 Å². The Morgan fingerprint density at radius 2 is 2.00 bits per heavy atom. The van der Waals surface area contributed by atoms with Gasteiger partial charge >= 0.3 is 0 Å².